The van der Waals surface area contributed by atoms with Crippen LogP contribution in [0.25, 0.3) is 0 Å². The molecule has 3 aromatic rings. The number of benzene rings is 1. The first-order valence-corrected chi connectivity index (χ1v) is 8.14. The standard InChI is InChI=1S/C17H21N7O/c1-11-4-6-14(7-5-11)10-24-13(3)15(12(2)21-24)8-9-16(25)18-17-19-22-23-20-17/h4-7H,8-10H2,1-3H3,(H2,18,19,20,22,23,25). The average molecular weight is 339 g/mol. The highest BCUT2D eigenvalue weighted by Crippen LogP contribution is 2.17. The second kappa shape index (κ2) is 7.25. The Labute approximate surface area is 145 Å². The fourth-order valence-electron chi connectivity index (χ4n) is 2.76. The van der Waals surface area contributed by atoms with Gasteiger partial charge in [0.05, 0.1) is 12.2 Å². The smallest absolute Gasteiger partial charge is 0.269 e. The van der Waals surface area contributed by atoms with E-state index in [2.05, 4.69) is 62.2 Å². The summed E-state index contributed by atoms with van der Waals surface area (Å²) in [5, 5.41) is 20.3. The number of hydrogen-bond donors (Lipinski definition) is 2. The van der Waals surface area contributed by atoms with E-state index in [1.807, 2.05) is 18.5 Å². The van der Waals surface area contributed by atoms with Crippen molar-refractivity contribution in [3.63, 3.8) is 0 Å². The van der Waals surface area contributed by atoms with Crippen molar-refractivity contribution in [2.24, 2.45) is 0 Å². The van der Waals surface area contributed by atoms with E-state index in [4.69, 9.17) is 0 Å². The number of aromatic amines is 1. The van der Waals surface area contributed by atoms with E-state index < -0.39 is 0 Å². The van der Waals surface area contributed by atoms with E-state index >= 15 is 0 Å². The average Bonchev–Trinajstić information content (AvgIpc) is 3.17. The van der Waals surface area contributed by atoms with Crippen molar-refractivity contribution < 1.29 is 4.79 Å². The highest BCUT2D eigenvalue weighted by Gasteiger charge is 2.14. The maximum atomic E-state index is 12.0. The molecule has 0 aliphatic rings. The zero-order chi connectivity index (χ0) is 17.8. The Morgan fingerprint density at radius 2 is 1.96 bits per heavy atom. The fourth-order valence-corrected chi connectivity index (χ4v) is 2.76. The Bertz CT molecular complexity index is 850. The molecule has 0 aliphatic heterocycles. The summed E-state index contributed by atoms with van der Waals surface area (Å²) in [6.07, 6.45) is 0.960. The minimum Gasteiger partial charge on any atom is -0.292 e. The van der Waals surface area contributed by atoms with E-state index in [0.717, 1.165) is 23.5 Å². The van der Waals surface area contributed by atoms with E-state index in [0.29, 0.717) is 12.8 Å². The second-order valence-electron chi connectivity index (χ2n) is 6.08. The number of amides is 1. The third-order valence-corrected chi connectivity index (χ3v) is 4.18. The van der Waals surface area contributed by atoms with Crippen molar-refractivity contribution in [2.45, 2.75) is 40.2 Å². The maximum absolute atomic E-state index is 12.0. The molecule has 0 fully saturated rings. The van der Waals surface area contributed by atoms with Crippen LogP contribution in [0.3, 0.4) is 0 Å². The molecule has 1 amide bonds. The molecular formula is C17H21N7O. The topological polar surface area (TPSA) is 101 Å². The van der Waals surface area contributed by atoms with Crippen molar-refractivity contribution >= 4 is 11.9 Å². The lowest BCUT2D eigenvalue weighted by atomic mass is 10.1. The summed E-state index contributed by atoms with van der Waals surface area (Å²) in [6, 6.07) is 8.43. The van der Waals surface area contributed by atoms with Gasteiger partial charge in [-0.15, -0.1) is 5.10 Å². The number of anilines is 1. The Morgan fingerprint density at radius 3 is 2.64 bits per heavy atom. The summed E-state index contributed by atoms with van der Waals surface area (Å²) < 4.78 is 1.99. The molecule has 8 heteroatoms. The summed E-state index contributed by atoms with van der Waals surface area (Å²) in [6.45, 7) is 6.82. The van der Waals surface area contributed by atoms with Crippen LogP contribution < -0.4 is 5.32 Å². The zero-order valence-electron chi connectivity index (χ0n) is 14.6. The Morgan fingerprint density at radius 1 is 1.20 bits per heavy atom. The fraction of sp³-hybridized carbons (Fsp3) is 0.353. The molecule has 0 unspecified atom stereocenters. The van der Waals surface area contributed by atoms with Crippen LogP contribution in [-0.4, -0.2) is 36.3 Å². The number of aromatic nitrogens is 6. The lowest BCUT2D eigenvalue weighted by Crippen LogP contribution is -2.14. The summed E-state index contributed by atoms with van der Waals surface area (Å²) in [5.74, 6) is 0.0417. The molecular weight excluding hydrogens is 318 g/mol. The number of carbonyl (C=O) groups excluding carboxylic acids is 1. The van der Waals surface area contributed by atoms with Crippen LogP contribution in [-0.2, 0) is 17.8 Å². The molecule has 2 N–H and O–H groups in total. The predicted molar refractivity (Wildman–Crippen MR) is 93.1 cm³/mol. The quantitative estimate of drug-likeness (QED) is 0.714. The third kappa shape index (κ3) is 4.09. The van der Waals surface area contributed by atoms with Gasteiger partial charge < -0.3 is 0 Å². The zero-order valence-corrected chi connectivity index (χ0v) is 14.6. The summed E-state index contributed by atoms with van der Waals surface area (Å²) in [4.78, 5) is 12.0. The molecule has 0 saturated carbocycles. The van der Waals surface area contributed by atoms with Crippen molar-refractivity contribution in [1.82, 2.24) is 30.4 Å². The van der Waals surface area contributed by atoms with Crippen LogP contribution in [0.1, 0.15) is 34.5 Å². The normalized spacial score (nSPS) is 10.8. The molecule has 130 valence electrons. The molecule has 0 radical (unpaired) electrons. The number of rotatable bonds is 6. The van der Waals surface area contributed by atoms with E-state index in [1.54, 1.807) is 0 Å². The first-order valence-electron chi connectivity index (χ1n) is 8.14. The van der Waals surface area contributed by atoms with Gasteiger partial charge in [0.1, 0.15) is 0 Å². The second-order valence-corrected chi connectivity index (χ2v) is 6.08. The highest BCUT2D eigenvalue weighted by atomic mass is 16.1. The summed E-state index contributed by atoms with van der Waals surface area (Å²) in [7, 11) is 0. The molecule has 3 rings (SSSR count). The molecule has 25 heavy (non-hydrogen) atoms. The van der Waals surface area contributed by atoms with Gasteiger partial charge >= 0.3 is 0 Å². The molecule has 0 saturated heterocycles. The Hall–Kier alpha value is -3.03. The van der Waals surface area contributed by atoms with E-state index in [9.17, 15) is 4.79 Å². The van der Waals surface area contributed by atoms with Gasteiger partial charge in [0.15, 0.2) is 0 Å². The van der Waals surface area contributed by atoms with Gasteiger partial charge in [0.2, 0.25) is 5.91 Å². The van der Waals surface area contributed by atoms with Gasteiger partial charge in [0, 0.05) is 12.1 Å². The van der Waals surface area contributed by atoms with Crippen molar-refractivity contribution in [3.05, 3.63) is 52.3 Å². The van der Waals surface area contributed by atoms with Gasteiger partial charge in [-0.2, -0.15) is 10.3 Å². The molecule has 0 spiro atoms. The molecule has 2 heterocycles. The number of carbonyl (C=O) groups is 1. The summed E-state index contributed by atoms with van der Waals surface area (Å²) in [5.41, 5.74) is 5.60. The van der Waals surface area contributed by atoms with Gasteiger partial charge in [-0.25, -0.2) is 0 Å². The van der Waals surface area contributed by atoms with Crippen LogP contribution >= 0.6 is 0 Å². The first-order chi connectivity index (χ1) is 12.0. The molecule has 0 bridgehead atoms. The molecule has 1 aromatic carbocycles. The number of hydrogen-bond acceptors (Lipinski definition) is 5. The molecule has 8 nitrogen and oxygen atoms in total. The van der Waals surface area contributed by atoms with Gasteiger partial charge in [0.25, 0.3) is 5.95 Å². The number of nitrogens with one attached hydrogen (secondary N) is 2. The summed E-state index contributed by atoms with van der Waals surface area (Å²) >= 11 is 0. The number of aryl methyl sites for hydroxylation is 2. The van der Waals surface area contributed by atoms with Gasteiger partial charge in [-0.1, -0.05) is 34.9 Å². The van der Waals surface area contributed by atoms with Crippen LogP contribution in [0.5, 0.6) is 0 Å². The predicted octanol–water partition coefficient (Wildman–Crippen LogP) is 1.94. The maximum Gasteiger partial charge on any atom is 0.269 e. The third-order valence-electron chi connectivity index (χ3n) is 4.18. The van der Waals surface area contributed by atoms with Crippen molar-refractivity contribution in [1.29, 1.82) is 0 Å². The van der Waals surface area contributed by atoms with Gasteiger partial charge in [-0.05, 0) is 43.5 Å². The minimum absolute atomic E-state index is 0.147. The number of H-pyrrole nitrogens is 1. The van der Waals surface area contributed by atoms with E-state index in [-0.39, 0.29) is 11.9 Å². The Kier molecular flexibility index (Phi) is 4.87. The Balaban J connectivity index is 1.65. The lowest BCUT2D eigenvalue weighted by Gasteiger charge is -2.06. The first kappa shape index (κ1) is 16.8. The SMILES string of the molecule is Cc1ccc(Cn2nc(C)c(CCC(=O)Nc3nn[nH]n3)c2C)cc1. The van der Waals surface area contributed by atoms with Crippen LogP contribution in [0.15, 0.2) is 24.3 Å². The largest absolute Gasteiger partial charge is 0.292 e. The highest BCUT2D eigenvalue weighted by molar-refractivity contribution is 5.88. The van der Waals surface area contributed by atoms with E-state index in [1.165, 1.54) is 11.1 Å². The minimum atomic E-state index is -0.147. The van der Waals surface area contributed by atoms with Crippen LogP contribution in [0.4, 0.5) is 5.95 Å². The molecule has 0 atom stereocenters. The van der Waals surface area contributed by atoms with Crippen molar-refractivity contribution in [3.8, 4) is 0 Å². The molecule has 2 aromatic heterocycles. The van der Waals surface area contributed by atoms with Crippen LogP contribution in [0, 0.1) is 20.8 Å². The number of tetrazole rings is 1. The molecule has 0 aliphatic carbocycles. The number of nitrogens with zero attached hydrogens (tertiary/aromatic N) is 5. The lowest BCUT2D eigenvalue weighted by molar-refractivity contribution is -0.116. The van der Waals surface area contributed by atoms with Crippen molar-refractivity contribution in [2.75, 3.05) is 5.32 Å². The van der Waals surface area contributed by atoms with Crippen LogP contribution in [0.2, 0.25) is 0 Å². The van der Waals surface area contributed by atoms with Gasteiger partial charge in [-0.3, -0.25) is 14.8 Å². The monoisotopic (exact) mass is 339 g/mol.